The van der Waals surface area contributed by atoms with Gasteiger partial charge < -0.3 is 4.90 Å². The third kappa shape index (κ3) is 4.29. The molecular formula is C26H26ClF2N5. The zero-order valence-corrected chi connectivity index (χ0v) is 19.6. The standard InChI is InChI=1S/C26H25F2N5.ClH/c1-26(20-17-30-31-18-20,19-8-10-21(27)11-9-19)33-15-13-32(14-16-33)24-7-4-12-29-25(24)22-5-2-3-6-23(22)28;/h2-12,17-18H,13-16H2,1H3,(H,30,31);1H. The van der Waals surface area contributed by atoms with Crippen molar-refractivity contribution >= 4 is 18.1 Å². The predicted octanol–water partition coefficient (Wildman–Crippen LogP) is 5.26. The van der Waals surface area contributed by atoms with Gasteiger partial charge in [-0.15, -0.1) is 12.4 Å². The first-order valence-electron chi connectivity index (χ1n) is 11.0. The van der Waals surface area contributed by atoms with Crippen molar-refractivity contribution in [3.8, 4) is 11.3 Å². The maximum absolute atomic E-state index is 14.5. The minimum Gasteiger partial charge on any atom is -0.367 e. The highest BCUT2D eigenvalue weighted by Gasteiger charge is 2.38. The van der Waals surface area contributed by atoms with E-state index in [1.165, 1.54) is 18.2 Å². The van der Waals surface area contributed by atoms with Crippen LogP contribution < -0.4 is 4.90 Å². The molecule has 1 atom stereocenters. The van der Waals surface area contributed by atoms with Gasteiger partial charge in [-0.3, -0.25) is 15.0 Å². The molecule has 1 aliphatic heterocycles. The number of rotatable bonds is 5. The van der Waals surface area contributed by atoms with Crippen LogP contribution in [0.1, 0.15) is 18.1 Å². The Balaban J connectivity index is 0.00000274. The highest BCUT2D eigenvalue weighted by Crippen LogP contribution is 2.37. The first-order valence-corrected chi connectivity index (χ1v) is 11.0. The molecule has 1 unspecified atom stereocenters. The Morgan fingerprint density at radius 2 is 1.62 bits per heavy atom. The molecule has 2 aromatic carbocycles. The Morgan fingerprint density at radius 1 is 0.882 bits per heavy atom. The molecule has 0 spiro atoms. The van der Waals surface area contributed by atoms with Crippen LogP contribution in [0.4, 0.5) is 14.5 Å². The Morgan fingerprint density at radius 3 is 2.29 bits per heavy atom. The van der Waals surface area contributed by atoms with Crippen LogP contribution in [0.5, 0.6) is 0 Å². The largest absolute Gasteiger partial charge is 0.367 e. The fourth-order valence-electron chi connectivity index (χ4n) is 4.73. The predicted molar refractivity (Wildman–Crippen MR) is 132 cm³/mol. The molecule has 1 saturated heterocycles. The van der Waals surface area contributed by atoms with Gasteiger partial charge in [-0.2, -0.15) is 5.10 Å². The molecule has 0 aliphatic carbocycles. The zero-order valence-electron chi connectivity index (χ0n) is 18.8. The lowest BCUT2D eigenvalue weighted by molar-refractivity contribution is 0.129. The number of H-pyrrole nitrogens is 1. The van der Waals surface area contributed by atoms with Crippen LogP contribution in [0, 0.1) is 11.6 Å². The van der Waals surface area contributed by atoms with Gasteiger partial charge in [0, 0.05) is 49.7 Å². The Kier molecular flexibility index (Phi) is 6.95. The number of piperazine rings is 1. The second kappa shape index (κ2) is 9.91. The summed E-state index contributed by atoms with van der Waals surface area (Å²) in [6.45, 7) is 5.19. The van der Waals surface area contributed by atoms with E-state index >= 15 is 0 Å². The molecule has 4 aromatic rings. The first-order chi connectivity index (χ1) is 16.1. The number of hydrogen-bond acceptors (Lipinski definition) is 4. The number of pyridine rings is 1. The Labute approximate surface area is 203 Å². The summed E-state index contributed by atoms with van der Waals surface area (Å²) in [6.07, 6.45) is 5.42. The molecule has 2 aromatic heterocycles. The van der Waals surface area contributed by atoms with Gasteiger partial charge >= 0.3 is 0 Å². The molecule has 8 heteroatoms. The van der Waals surface area contributed by atoms with Crippen LogP contribution in [0.2, 0.25) is 0 Å². The Bertz CT molecular complexity index is 1220. The summed E-state index contributed by atoms with van der Waals surface area (Å²) >= 11 is 0. The average molecular weight is 482 g/mol. The average Bonchev–Trinajstić information content (AvgIpc) is 3.40. The van der Waals surface area contributed by atoms with Gasteiger partial charge in [0.05, 0.1) is 23.1 Å². The highest BCUT2D eigenvalue weighted by molar-refractivity contribution is 5.85. The smallest absolute Gasteiger partial charge is 0.132 e. The van der Waals surface area contributed by atoms with E-state index in [0.717, 1.165) is 43.0 Å². The molecule has 0 radical (unpaired) electrons. The number of benzene rings is 2. The fourth-order valence-corrected chi connectivity index (χ4v) is 4.73. The topological polar surface area (TPSA) is 48.1 Å². The quantitative estimate of drug-likeness (QED) is 0.422. The van der Waals surface area contributed by atoms with E-state index in [4.69, 9.17) is 0 Å². The van der Waals surface area contributed by atoms with E-state index in [-0.39, 0.29) is 24.0 Å². The molecule has 3 heterocycles. The summed E-state index contributed by atoms with van der Waals surface area (Å²) in [4.78, 5) is 9.15. The molecule has 0 bridgehead atoms. The van der Waals surface area contributed by atoms with Gasteiger partial charge in [0.25, 0.3) is 0 Å². The third-order valence-electron chi connectivity index (χ3n) is 6.63. The zero-order chi connectivity index (χ0) is 22.8. The minimum absolute atomic E-state index is 0. The molecule has 1 N–H and O–H groups in total. The van der Waals surface area contributed by atoms with Gasteiger partial charge in [0.2, 0.25) is 0 Å². The van der Waals surface area contributed by atoms with Gasteiger partial charge in [-0.05, 0) is 48.9 Å². The second-order valence-electron chi connectivity index (χ2n) is 8.39. The molecule has 1 fully saturated rings. The van der Waals surface area contributed by atoms with Crippen molar-refractivity contribution in [1.29, 1.82) is 0 Å². The summed E-state index contributed by atoms with van der Waals surface area (Å²) in [5.41, 5.74) is 3.65. The second-order valence-corrected chi connectivity index (χ2v) is 8.39. The van der Waals surface area contributed by atoms with Crippen molar-refractivity contribution in [2.24, 2.45) is 0 Å². The number of aromatic amines is 1. The van der Waals surface area contributed by atoms with Crippen LogP contribution in [-0.2, 0) is 5.54 Å². The van der Waals surface area contributed by atoms with E-state index in [0.29, 0.717) is 11.3 Å². The Hall–Kier alpha value is -3.29. The van der Waals surface area contributed by atoms with Crippen molar-refractivity contribution in [1.82, 2.24) is 20.1 Å². The monoisotopic (exact) mass is 481 g/mol. The van der Waals surface area contributed by atoms with Crippen molar-refractivity contribution in [3.63, 3.8) is 0 Å². The van der Waals surface area contributed by atoms with Crippen molar-refractivity contribution in [3.05, 3.63) is 102 Å². The number of halogens is 3. The van der Waals surface area contributed by atoms with E-state index < -0.39 is 5.54 Å². The molecule has 34 heavy (non-hydrogen) atoms. The summed E-state index contributed by atoms with van der Waals surface area (Å²) in [5, 5.41) is 7.08. The first kappa shape index (κ1) is 23.9. The van der Waals surface area contributed by atoms with Crippen LogP contribution >= 0.6 is 12.4 Å². The van der Waals surface area contributed by atoms with E-state index in [9.17, 15) is 8.78 Å². The summed E-state index contributed by atoms with van der Waals surface area (Å²) in [7, 11) is 0. The normalized spacial score (nSPS) is 16.0. The van der Waals surface area contributed by atoms with Crippen molar-refractivity contribution in [2.45, 2.75) is 12.5 Å². The molecule has 0 saturated carbocycles. The minimum atomic E-state index is -0.462. The maximum Gasteiger partial charge on any atom is 0.132 e. The van der Waals surface area contributed by atoms with E-state index in [1.807, 2.05) is 42.7 Å². The lowest BCUT2D eigenvalue weighted by Gasteiger charge is -2.46. The van der Waals surface area contributed by atoms with Crippen molar-refractivity contribution in [2.75, 3.05) is 31.1 Å². The molecule has 5 nitrogen and oxygen atoms in total. The van der Waals surface area contributed by atoms with Gasteiger partial charge in [-0.1, -0.05) is 24.3 Å². The number of nitrogens with one attached hydrogen (secondary N) is 1. The van der Waals surface area contributed by atoms with Crippen LogP contribution in [0.15, 0.2) is 79.3 Å². The summed E-state index contributed by atoms with van der Waals surface area (Å²) < 4.78 is 28.1. The van der Waals surface area contributed by atoms with Gasteiger partial charge in [0.15, 0.2) is 0 Å². The lowest BCUT2D eigenvalue weighted by atomic mass is 9.84. The van der Waals surface area contributed by atoms with Gasteiger partial charge in [0.1, 0.15) is 11.6 Å². The maximum atomic E-state index is 14.5. The van der Waals surface area contributed by atoms with Crippen molar-refractivity contribution < 1.29 is 8.78 Å². The van der Waals surface area contributed by atoms with Gasteiger partial charge in [-0.25, -0.2) is 8.78 Å². The third-order valence-corrected chi connectivity index (χ3v) is 6.63. The number of hydrogen-bond donors (Lipinski definition) is 1. The molecule has 0 amide bonds. The lowest BCUT2D eigenvalue weighted by Crippen LogP contribution is -2.55. The SMILES string of the molecule is CC(c1ccc(F)cc1)(c1cn[nH]c1)N1CCN(c2cccnc2-c2ccccc2F)CC1.Cl. The van der Waals surface area contributed by atoms with E-state index in [1.54, 1.807) is 18.3 Å². The number of aromatic nitrogens is 3. The fraction of sp³-hybridized carbons (Fsp3) is 0.231. The molecule has 176 valence electrons. The number of anilines is 1. The summed E-state index contributed by atoms with van der Waals surface area (Å²) in [6, 6.07) is 17.3. The van der Waals surface area contributed by atoms with Crippen LogP contribution in [-0.4, -0.2) is 46.3 Å². The highest BCUT2D eigenvalue weighted by atomic mass is 35.5. The van der Waals surface area contributed by atoms with Crippen LogP contribution in [0.25, 0.3) is 11.3 Å². The van der Waals surface area contributed by atoms with E-state index in [2.05, 4.69) is 31.9 Å². The molecule has 1 aliphatic rings. The number of nitrogens with zero attached hydrogens (tertiary/aromatic N) is 4. The van der Waals surface area contributed by atoms with Crippen LogP contribution in [0.3, 0.4) is 0 Å². The molecular weight excluding hydrogens is 456 g/mol. The summed E-state index contributed by atoms with van der Waals surface area (Å²) in [5.74, 6) is -0.532. The molecule has 5 rings (SSSR count).